The number of thioether (sulfide) groups is 1. The number of likely N-dealkylation sites (tertiary alicyclic amines) is 2. The molecule has 3 saturated heterocycles. The van der Waals surface area contributed by atoms with Crippen molar-refractivity contribution in [1.29, 1.82) is 0 Å². The number of nitrogens with zero attached hydrogens (tertiary/aromatic N) is 10. The average molecular weight is 1130 g/mol. The standard InChI is InChI=1S/C57H70F2N14O7S/c1-34(36-10-12-40(58)13-11-36)43-33-81-55(66-43)45-9-7-20-72(45)57(78)50(67-54(76)35(2)61-3)37-14-21-70(22-15-37)48(75)17-25-80-27-26-79-24-16-47(74)63-18-23-73-46-32-69(5)56(77)39-28-38(29-41(59)30-39)44-8-6-19-71(44)53-51(60)64-31-42(65-53)49(46)52(62-4)68-73/h10-13,28-31,35,37,43-45,50,61H,1,6-9,14-27,32-33H2,2-3,5H3,(H2,60,64)(H,63,74)(H,67,76)/t35-,43?,44-,45-,50-/m1/s1. The number of likely N-dealkylation sites (N-methyl/N-ethyl adjacent to an activating group) is 1. The molecule has 4 bridgehead atoms. The number of fused-ring (bicyclic) bond motifs is 9. The first-order valence-electron chi connectivity index (χ1n) is 27.7. The molecular formula is C57H70F2N14O7S. The normalized spacial score (nSPS) is 19.8. The Balaban J connectivity index is 0.712. The molecule has 2 aromatic heterocycles. The van der Waals surface area contributed by atoms with Gasteiger partial charge in [0.15, 0.2) is 11.6 Å². The average Bonchev–Trinajstić information content (AvgIpc) is 4.33. The first-order valence-corrected chi connectivity index (χ1v) is 28.7. The van der Waals surface area contributed by atoms with Crippen LogP contribution in [0.4, 0.5) is 26.2 Å². The zero-order chi connectivity index (χ0) is 57.3. The van der Waals surface area contributed by atoms with Crippen molar-refractivity contribution < 1.29 is 42.2 Å². The molecule has 81 heavy (non-hydrogen) atoms. The number of amides is 5. The van der Waals surface area contributed by atoms with Gasteiger partial charge in [-0.05, 0) is 111 Å². The first kappa shape index (κ1) is 58.3. The van der Waals surface area contributed by atoms with Crippen LogP contribution in [-0.4, -0.2) is 172 Å². The van der Waals surface area contributed by atoms with Crippen LogP contribution in [0.3, 0.4) is 0 Å². The van der Waals surface area contributed by atoms with Gasteiger partial charge < -0.3 is 55.6 Å². The van der Waals surface area contributed by atoms with E-state index in [9.17, 15) is 28.4 Å². The zero-order valence-corrected chi connectivity index (χ0v) is 46.8. The highest BCUT2D eigenvalue weighted by Crippen LogP contribution is 2.41. The van der Waals surface area contributed by atoms with E-state index in [1.54, 1.807) is 60.6 Å². The number of anilines is 2. The van der Waals surface area contributed by atoms with Crippen LogP contribution >= 0.6 is 11.8 Å². The van der Waals surface area contributed by atoms with Crippen LogP contribution in [0.2, 0.25) is 0 Å². The predicted molar refractivity (Wildman–Crippen MR) is 303 cm³/mol. The van der Waals surface area contributed by atoms with Crippen LogP contribution in [0, 0.1) is 24.1 Å². The van der Waals surface area contributed by atoms with E-state index in [1.807, 2.05) is 9.80 Å². The Bertz CT molecular complexity index is 3070. The highest BCUT2D eigenvalue weighted by Gasteiger charge is 2.43. The minimum atomic E-state index is -0.777. The largest absolute Gasteiger partial charge is 0.381 e. The van der Waals surface area contributed by atoms with E-state index in [-0.39, 0.29) is 130 Å². The van der Waals surface area contributed by atoms with Gasteiger partial charge in [-0.2, -0.15) is 4.68 Å². The van der Waals surface area contributed by atoms with Gasteiger partial charge in [0.05, 0.1) is 98.3 Å². The molecule has 4 aromatic rings. The van der Waals surface area contributed by atoms with Crippen molar-refractivity contribution in [3.05, 3.63) is 101 Å². The van der Waals surface area contributed by atoms with E-state index in [0.29, 0.717) is 79.5 Å². The molecule has 5 amide bonds. The number of aromatic nitrogens is 4. The number of carbonyl (C=O) groups excluding carboxylic acids is 5. The molecule has 0 radical (unpaired) electrons. The lowest BCUT2D eigenvalue weighted by atomic mass is 9.88. The van der Waals surface area contributed by atoms with Gasteiger partial charge in [-0.15, -0.1) is 11.8 Å². The lowest BCUT2D eigenvalue weighted by molar-refractivity contribution is -0.140. The molecule has 5 atom stereocenters. The monoisotopic (exact) mass is 1130 g/mol. The highest BCUT2D eigenvalue weighted by atomic mass is 32.2. The molecule has 3 fully saturated rings. The van der Waals surface area contributed by atoms with Crippen molar-refractivity contribution in [2.24, 2.45) is 10.9 Å². The number of benzene rings is 2. The Hall–Kier alpha value is -7.33. The van der Waals surface area contributed by atoms with Gasteiger partial charge in [-0.3, -0.25) is 29.0 Å². The number of hydrogen-bond donors (Lipinski definition) is 4. The Morgan fingerprint density at radius 2 is 1.68 bits per heavy atom. The Kier molecular flexibility index (Phi) is 19.1. The molecule has 5 N–H and O–H groups in total. The maximum Gasteiger partial charge on any atom is 0.305 e. The molecule has 5 aliphatic rings. The molecule has 24 heteroatoms. The summed E-state index contributed by atoms with van der Waals surface area (Å²) in [5.74, 6) is -0.973. The molecule has 5 aliphatic heterocycles. The van der Waals surface area contributed by atoms with Gasteiger partial charge in [-0.1, -0.05) is 25.3 Å². The quantitative estimate of drug-likeness (QED) is 0.0661. The van der Waals surface area contributed by atoms with Gasteiger partial charge in [0.1, 0.15) is 17.7 Å². The van der Waals surface area contributed by atoms with Crippen LogP contribution in [0.1, 0.15) is 91.5 Å². The molecule has 21 nitrogen and oxygen atoms in total. The molecule has 0 saturated carbocycles. The van der Waals surface area contributed by atoms with E-state index in [4.69, 9.17) is 31.8 Å². The van der Waals surface area contributed by atoms with Gasteiger partial charge in [0, 0.05) is 57.5 Å². The van der Waals surface area contributed by atoms with Crippen LogP contribution in [0.25, 0.3) is 21.7 Å². The van der Waals surface area contributed by atoms with Crippen molar-refractivity contribution in [2.75, 3.05) is 89.6 Å². The van der Waals surface area contributed by atoms with Crippen molar-refractivity contribution in [3.63, 3.8) is 0 Å². The molecular weight excluding hydrogens is 1060 g/mol. The molecule has 0 spiro atoms. The summed E-state index contributed by atoms with van der Waals surface area (Å²) in [4.78, 5) is 93.1. The summed E-state index contributed by atoms with van der Waals surface area (Å²) >= 11 is 1.61. The number of rotatable bonds is 20. The first-order chi connectivity index (χ1) is 39.1. The number of aliphatic imine (C=N–C) groups is 1. The van der Waals surface area contributed by atoms with Crippen LogP contribution in [0.15, 0.2) is 60.2 Å². The van der Waals surface area contributed by atoms with Crippen LogP contribution in [0.5, 0.6) is 0 Å². The zero-order valence-electron chi connectivity index (χ0n) is 46.0. The summed E-state index contributed by atoms with van der Waals surface area (Å²) in [6.07, 6.45) is 5.77. The van der Waals surface area contributed by atoms with Crippen molar-refractivity contribution in [3.8, 4) is 11.3 Å². The second kappa shape index (κ2) is 26.5. The third-order valence-electron chi connectivity index (χ3n) is 15.8. The minimum absolute atomic E-state index is 0.0174. The third kappa shape index (κ3) is 13.5. The maximum atomic E-state index is 15.1. The lowest BCUT2D eigenvalue weighted by Gasteiger charge is -2.38. The van der Waals surface area contributed by atoms with Crippen molar-refractivity contribution >= 4 is 69.4 Å². The molecule has 1 unspecified atom stereocenters. The molecule has 430 valence electrons. The van der Waals surface area contributed by atoms with Gasteiger partial charge in [-0.25, -0.2) is 18.7 Å². The second-order valence-corrected chi connectivity index (χ2v) is 22.1. The summed E-state index contributed by atoms with van der Waals surface area (Å²) in [5, 5.41) is 14.3. The predicted octanol–water partition coefficient (Wildman–Crippen LogP) is 5.16. The van der Waals surface area contributed by atoms with E-state index in [0.717, 1.165) is 35.4 Å². The molecule has 7 heterocycles. The van der Waals surface area contributed by atoms with Crippen molar-refractivity contribution in [2.45, 2.75) is 102 Å². The van der Waals surface area contributed by atoms with E-state index >= 15 is 4.39 Å². The van der Waals surface area contributed by atoms with Gasteiger partial charge in [0.25, 0.3) is 5.91 Å². The fraction of sp³-hybridized carbons (Fsp3) is 0.509. The van der Waals surface area contributed by atoms with E-state index in [2.05, 4.69) is 37.5 Å². The Morgan fingerprint density at radius 3 is 2.42 bits per heavy atom. The van der Waals surface area contributed by atoms with Crippen LogP contribution < -0.4 is 26.6 Å². The number of carbonyl (C=O) groups is 5. The number of nitrogen functional groups attached to an aromatic ring is 1. The summed E-state index contributed by atoms with van der Waals surface area (Å²) in [6.45, 7) is 17.0. The fourth-order valence-corrected chi connectivity index (χ4v) is 12.5. The fourth-order valence-electron chi connectivity index (χ4n) is 11.2. The Labute approximate surface area is 474 Å². The molecule has 0 aliphatic carbocycles. The summed E-state index contributed by atoms with van der Waals surface area (Å²) in [5.41, 5.74) is 10.0. The number of nitrogens with two attached hydrogens (primary N) is 1. The molecule has 2 aromatic carbocycles. The number of nitrogens with one attached hydrogen (secondary N) is 3. The summed E-state index contributed by atoms with van der Waals surface area (Å²) in [7, 11) is 3.28. The number of ether oxygens (including phenoxy) is 2. The molecule has 9 rings (SSSR count). The minimum Gasteiger partial charge on any atom is -0.381 e. The number of hydrogen-bond acceptors (Lipinski definition) is 15. The second-order valence-electron chi connectivity index (χ2n) is 21.0. The highest BCUT2D eigenvalue weighted by molar-refractivity contribution is 8.14. The third-order valence-corrected chi connectivity index (χ3v) is 17.0. The SMILES string of the molecule is [C-]#[N+]c1nn(CCNC(=O)CCOCCOCCC(=O)N2CCC([C@@H](NC(=O)[C@@H](C)NC)C(=O)N3CCC[C@@H]3C3=NC(C(=C)c4ccc(F)cc4)CS3)CC2)c2c1-c1cnc(N)c(n1)N1CCC[C@@H]1c1cc(F)cc(c1)C(=O)N(C)C2. The van der Waals surface area contributed by atoms with Crippen LogP contribution in [-0.2, 0) is 41.7 Å². The Morgan fingerprint density at radius 1 is 0.951 bits per heavy atom. The van der Waals surface area contributed by atoms with Gasteiger partial charge >= 0.3 is 5.82 Å². The summed E-state index contributed by atoms with van der Waals surface area (Å²) < 4.78 is 41.7. The maximum absolute atomic E-state index is 15.1. The smallest absolute Gasteiger partial charge is 0.305 e. The number of halogens is 2. The summed E-state index contributed by atoms with van der Waals surface area (Å²) in [6, 6.07) is 8.55. The topological polar surface area (TPSA) is 239 Å². The van der Waals surface area contributed by atoms with Gasteiger partial charge in [0.2, 0.25) is 23.6 Å². The van der Waals surface area contributed by atoms with E-state index < -0.39 is 23.8 Å². The van der Waals surface area contributed by atoms with E-state index in [1.165, 1.54) is 35.4 Å². The lowest BCUT2D eigenvalue weighted by Crippen LogP contribution is -2.58. The number of piperidine rings is 1. The van der Waals surface area contributed by atoms with Crippen molar-refractivity contribution in [1.82, 2.24) is 50.4 Å².